The standard InChI is InChI=1S/C19H18N2O3S2/c1-15(22)17-5-7-19(8-6-17)26(23,24)21(12-16-9-11-25-14-16)13-18-4-2-3-10-20-18/h2-11,14H,12-13H2,1H3. The summed E-state index contributed by atoms with van der Waals surface area (Å²) in [6.07, 6.45) is 1.65. The Hall–Kier alpha value is -2.35. The maximum absolute atomic E-state index is 13.2. The number of rotatable bonds is 7. The third kappa shape index (κ3) is 4.24. The number of benzene rings is 1. The average molecular weight is 386 g/mol. The number of hydrogen-bond acceptors (Lipinski definition) is 5. The van der Waals surface area contributed by atoms with E-state index in [9.17, 15) is 13.2 Å². The Kier molecular flexibility index (Phi) is 5.61. The lowest BCUT2D eigenvalue weighted by Gasteiger charge is -2.21. The highest BCUT2D eigenvalue weighted by molar-refractivity contribution is 7.89. The Morgan fingerprint density at radius 1 is 1.08 bits per heavy atom. The molecule has 134 valence electrons. The smallest absolute Gasteiger partial charge is 0.243 e. The van der Waals surface area contributed by atoms with Crippen molar-refractivity contribution in [1.82, 2.24) is 9.29 Å². The molecule has 3 rings (SSSR count). The quantitative estimate of drug-likeness (QED) is 0.580. The third-order valence-electron chi connectivity index (χ3n) is 3.90. The molecule has 26 heavy (non-hydrogen) atoms. The van der Waals surface area contributed by atoms with E-state index < -0.39 is 10.0 Å². The van der Waals surface area contributed by atoms with E-state index in [-0.39, 0.29) is 23.8 Å². The number of aromatic nitrogens is 1. The number of carbonyl (C=O) groups excluding carboxylic acids is 1. The molecule has 0 saturated carbocycles. The van der Waals surface area contributed by atoms with Gasteiger partial charge in [-0.05, 0) is 53.6 Å². The topological polar surface area (TPSA) is 67.3 Å². The van der Waals surface area contributed by atoms with Crippen LogP contribution in [0.15, 0.2) is 70.4 Å². The normalized spacial score (nSPS) is 11.6. The van der Waals surface area contributed by atoms with Gasteiger partial charge in [0.05, 0.1) is 17.1 Å². The van der Waals surface area contributed by atoms with Crippen molar-refractivity contribution < 1.29 is 13.2 Å². The summed E-state index contributed by atoms with van der Waals surface area (Å²) in [6, 6.07) is 13.4. The van der Waals surface area contributed by atoms with Crippen LogP contribution in [0.5, 0.6) is 0 Å². The molecule has 2 heterocycles. The second kappa shape index (κ2) is 7.90. The van der Waals surface area contributed by atoms with Crippen molar-refractivity contribution >= 4 is 27.1 Å². The molecule has 0 radical (unpaired) electrons. The van der Waals surface area contributed by atoms with Crippen molar-refractivity contribution in [2.45, 2.75) is 24.9 Å². The zero-order valence-electron chi connectivity index (χ0n) is 14.2. The number of hydrogen-bond donors (Lipinski definition) is 0. The van der Waals surface area contributed by atoms with Crippen LogP contribution in [0.3, 0.4) is 0 Å². The van der Waals surface area contributed by atoms with Crippen LogP contribution in [0.25, 0.3) is 0 Å². The molecule has 0 atom stereocenters. The number of nitrogens with zero attached hydrogens (tertiary/aromatic N) is 2. The van der Waals surface area contributed by atoms with E-state index in [1.165, 1.54) is 34.7 Å². The van der Waals surface area contributed by atoms with Gasteiger partial charge in [-0.15, -0.1) is 0 Å². The Bertz CT molecular complexity index is 967. The second-order valence-electron chi connectivity index (χ2n) is 5.81. The monoisotopic (exact) mass is 386 g/mol. The van der Waals surface area contributed by atoms with Crippen LogP contribution in [0.2, 0.25) is 0 Å². The molecule has 0 spiro atoms. The first kappa shape index (κ1) is 18.4. The minimum absolute atomic E-state index is 0.0995. The first-order valence-corrected chi connectivity index (χ1v) is 10.4. The highest BCUT2D eigenvalue weighted by atomic mass is 32.2. The van der Waals surface area contributed by atoms with Crippen LogP contribution in [0, 0.1) is 0 Å². The Morgan fingerprint density at radius 3 is 2.42 bits per heavy atom. The minimum atomic E-state index is -3.73. The summed E-state index contributed by atoms with van der Waals surface area (Å²) in [4.78, 5) is 15.8. The summed E-state index contributed by atoms with van der Waals surface area (Å²) in [5.74, 6) is -0.0995. The van der Waals surface area contributed by atoms with Crippen LogP contribution < -0.4 is 0 Å². The van der Waals surface area contributed by atoms with Gasteiger partial charge in [-0.2, -0.15) is 15.6 Å². The lowest BCUT2D eigenvalue weighted by molar-refractivity contribution is 0.101. The summed E-state index contributed by atoms with van der Waals surface area (Å²) in [5, 5.41) is 3.85. The Morgan fingerprint density at radius 2 is 1.85 bits per heavy atom. The van der Waals surface area contributed by atoms with Crippen LogP contribution in [-0.2, 0) is 23.1 Å². The van der Waals surface area contributed by atoms with Gasteiger partial charge in [0.2, 0.25) is 10.0 Å². The van der Waals surface area contributed by atoms with E-state index in [1.54, 1.807) is 30.5 Å². The molecule has 1 aromatic carbocycles. The number of thiophene rings is 1. The molecule has 0 saturated heterocycles. The van der Waals surface area contributed by atoms with E-state index in [1.807, 2.05) is 22.9 Å². The summed E-state index contributed by atoms with van der Waals surface area (Å²) < 4.78 is 27.7. The molecule has 3 aromatic rings. The van der Waals surface area contributed by atoms with Crippen molar-refractivity contribution in [1.29, 1.82) is 0 Å². The third-order valence-corrected chi connectivity index (χ3v) is 6.44. The van der Waals surface area contributed by atoms with E-state index in [4.69, 9.17) is 0 Å². The van der Waals surface area contributed by atoms with Crippen molar-refractivity contribution in [2.75, 3.05) is 0 Å². The predicted octanol–water partition coefficient (Wildman–Crippen LogP) is 3.74. The van der Waals surface area contributed by atoms with Crippen LogP contribution >= 0.6 is 11.3 Å². The van der Waals surface area contributed by atoms with Gasteiger partial charge < -0.3 is 0 Å². The maximum Gasteiger partial charge on any atom is 0.243 e. The Balaban J connectivity index is 1.94. The first-order valence-electron chi connectivity index (χ1n) is 7.99. The molecule has 2 aromatic heterocycles. The van der Waals surface area contributed by atoms with Gasteiger partial charge in [0.1, 0.15) is 0 Å². The van der Waals surface area contributed by atoms with Crippen molar-refractivity contribution in [2.24, 2.45) is 0 Å². The van der Waals surface area contributed by atoms with Gasteiger partial charge >= 0.3 is 0 Å². The number of Topliss-reactive ketones (excluding diaryl/α,β-unsaturated/α-hetero) is 1. The van der Waals surface area contributed by atoms with Gasteiger partial charge in [0, 0.05) is 18.3 Å². The summed E-state index contributed by atoms with van der Waals surface area (Å²) in [7, 11) is -3.73. The fourth-order valence-electron chi connectivity index (χ4n) is 2.50. The van der Waals surface area contributed by atoms with E-state index in [0.29, 0.717) is 11.3 Å². The van der Waals surface area contributed by atoms with Gasteiger partial charge in [-0.25, -0.2) is 8.42 Å². The molecule has 0 aliphatic carbocycles. The van der Waals surface area contributed by atoms with Crippen molar-refractivity contribution in [3.05, 3.63) is 82.3 Å². The van der Waals surface area contributed by atoms with E-state index in [0.717, 1.165) is 5.56 Å². The van der Waals surface area contributed by atoms with Gasteiger partial charge in [-0.1, -0.05) is 18.2 Å². The molecular formula is C19H18N2O3S2. The highest BCUT2D eigenvalue weighted by Crippen LogP contribution is 2.22. The van der Waals surface area contributed by atoms with Crippen molar-refractivity contribution in [3.63, 3.8) is 0 Å². The molecule has 0 amide bonds. The fourth-order valence-corrected chi connectivity index (χ4v) is 4.55. The van der Waals surface area contributed by atoms with Crippen LogP contribution in [0.1, 0.15) is 28.5 Å². The number of carbonyl (C=O) groups is 1. The van der Waals surface area contributed by atoms with Gasteiger partial charge in [0.25, 0.3) is 0 Å². The lowest BCUT2D eigenvalue weighted by atomic mass is 10.2. The maximum atomic E-state index is 13.2. The number of ketones is 1. The van der Waals surface area contributed by atoms with E-state index in [2.05, 4.69) is 4.98 Å². The average Bonchev–Trinajstić information content (AvgIpc) is 3.15. The lowest BCUT2D eigenvalue weighted by Crippen LogP contribution is -2.30. The Labute approximate surface area is 157 Å². The molecule has 0 N–H and O–H groups in total. The number of pyridine rings is 1. The van der Waals surface area contributed by atoms with Gasteiger partial charge in [0.15, 0.2) is 5.78 Å². The van der Waals surface area contributed by atoms with Crippen LogP contribution in [0.4, 0.5) is 0 Å². The zero-order chi connectivity index (χ0) is 18.6. The fraction of sp³-hybridized carbons (Fsp3) is 0.158. The largest absolute Gasteiger partial charge is 0.295 e. The molecule has 7 heteroatoms. The molecular weight excluding hydrogens is 368 g/mol. The molecule has 0 unspecified atom stereocenters. The number of sulfonamides is 1. The molecule has 0 aliphatic rings. The first-order chi connectivity index (χ1) is 12.5. The highest BCUT2D eigenvalue weighted by Gasteiger charge is 2.25. The molecule has 5 nitrogen and oxygen atoms in total. The van der Waals surface area contributed by atoms with Gasteiger partial charge in [-0.3, -0.25) is 9.78 Å². The minimum Gasteiger partial charge on any atom is -0.295 e. The zero-order valence-corrected chi connectivity index (χ0v) is 15.8. The summed E-state index contributed by atoms with van der Waals surface area (Å²) in [5.41, 5.74) is 2.08. The predicted molar refractivity (Wildman–Crippen MR) is 101 cm³/mol. The molecule has 0 aliphatic heterocycles. The molecule has 0 bridgehead atoms. The van der Waals surface area contributed by atoms with Crippen molar-refractivity contribution in [3.8, 4) is 0 Å². The van der Waals surface area contributed by atoms with E-state index >= 15 is 0 Å². The summed E-state index contributed by atoms with van der Waals surface area (Å²) in [6.45, 7) is 1.89. The second-order valence-corrected chi connectivity index (χ2v) is 8.52. The van der Waals surface area contributed by atoms with Crippen LogP contribution in [-0.4, -0.2) is 23.5 Å². The summed E-state index contributed by atoms with van der Waals surface area (Å²) >= 11 is 1.52. The molecule has 0 fully saturated rings. The SMILES string of the molecule is CC(=O)c1ccc(S(=O)(=O)N(Cc2ccsc2)Cc2ccccn2)cc1.